The number of piperazine rings is 1. The monoisotopic (exact) mass is 287 g/mol. The maximum absolute atomic E-state index is 6.61. The van der Waals surface area contributed by atoms with Crippen LogP contribution in [0.25, 0.3) is 0 Å². The van der Waals surface area contributed by atoms with Crippen LogP contribution < -0.4 is 5.73 Å². The molecule has 1 aromatic carbocycles. The van der Waals surface area contributed by atoms with Gasteiger partial charge in [-0.25, -0.2) is 0 Å². The van der Waals surface area contributed by atoms with Gasteiger partial charge in [0, 0.05) is 38.3 Å². The second-order valence-electron chi connectivity index (χ2n) is 6.99. The van der Waals surface area contributed by atoms with Crippen molar-refractivity contribution in [2.75, 3.05) is 33.2 Å². The van der Waals surface area contributed by atoms with Crippen molar-refractivity contribution in [1.82, 2.24) is 9.80 Å². The molecule has 0 aromatic heterocycles. The molecule has 2 aliphatic rings. The summed E-state index contributed by atoms with van der Waals surface area (Å²) in [7, 11) is 2.21. The molecule has 0 spiro atoms. The van der Waals surface area contributed by atoms with E-state index in [-0.39, 0.29) is 5.54 Å². The van der Waals surface area contributed by atoms with Crippen LogP contribution in [0.3, 0.4) is 0 Å². The van der Waals surface area contributed by atoms with Crippen molar-refractivity contribution in [1.29, 1.82) is 0 Å². The third-order valence-electron chi connectivity index (χ3n) is 5.28. The summed E-state index contributed by atoms with van der Waals surface area (Å²) in [6.07, 6.45) is 6.19. The Morgan fingerprint density at radius 3 is 2.19 bits per heavy atom. The molecular formula is C18H29N3. The van der Waals surface area contributed by atoms with E-state index in [0.717, 1.165) is 19.4 Å². The van der Waals surface area contributed by atoms with Gasteiger partial charge in [-0.05, 0) is 31.0 Å². The fourth-order valence-corrected chi connectivity index (χ4v) is 3.68. The zero-order chi connectivity index (χ0) is 14.7. The van der Waals surface area contributed by atoms with Crippen LogP contribution in [0.4, 0.5) is 0 Å². The van der Waals surface area contributed by atoms with E-state index in [4.69, 9.17) is 5.73 Å². The topological polar surface area (TPSA) is 32.5 Å². The van der Waals surface area contributed by atoms with Crippen molar-refractivity contribution < 1.29 is 0 Å². The van der Waals surface area contributed by atoms with E-state index in [1.165, 1.54) is 56.6 Å². The van der Waals surface area contributed by atoms with Gasteiger partial charge in [-0.2, -0.15) is 0 Å². The van der Waals surface area contributed by atoms with Crippen LogP contribution in [0.5, 0.6) is 0 Å². The molecule has 0 unspecified atom stereocenters. The van der Waals surface area contributed by atoms with E-state index >= 15 is 0 Å². The molecule has 1 aliphatic heterocycles. The van der Waals surface area contributed by atoms with Gasteiger partial charge in [0.25, 0.3) is 0 Å². The molecule has 3 nitrogen and oxygen atoms in total. The second kappa shape index (κ2) is 6.47. The third-order valence-corrected chi connectivity index (χ3v) is 5.28. The van der Waals surface area contributed by atoms with Gasteiger partial charge >= 0.3 is 0 Å². The first-order chi connectivity index (χ1) is 10.2. The van der Waals surface area contributed by atoms with E-state index in [0.29, 0.717) is 0 Å². The second-order valence-corrected chi connectivity index (χ2v) is 6.99. The lowest BCUT2D eigenvalue weighted by atomic mass is 9.77. The predicted octanol–water partition coefficient (Wildman–Crippen LogP) is 2.55. The minimum atomic E-state index is -0.0649. The first kappa shape index (κ1) is 15.0. The normalized spacial score (nSPS) is 24.1. The molecule has 1 aliphatic carbocycles. The first-order valence-electron chi connectivity index (χ1n) is 8.45. The first-order valence-corrected chi connectivity index (χ1v) is 8.45. The van der Waals surface area contributed by atoms with Crippen molar-refractivity contribution in [2.45, 2.75) is 44.2 Å². The van der Waals surface area contributed by atoms with Gasteiger partial charge in [-0.3, -0.25) is 4.90 Å². The van der Waals surface area contributed by atoms with Gasteiger partial charge in [0.1, 0.15) is 0 Å². The van der Waals surface area contributed by atoms with E-state index in [2.05, 4.69) is 41.1 Å². The zero-order valence-electron chi connectivity index (χ0n) is 13.4. The molecule has 0 radical (unpaired) electrons. The molecule has 0 atom stereocenters. The molecular weight excluding hydrogens is 258 g/mol. The lowest BCUT2D eigenvalue weighted by Crippen LogP contribution is -2.43. The van der Waals surface area contributed by atoms with Gasteiger partial charge in [0.15, 0.2) is 0 Å². The Balaban J connectivity index is 1.61. The molecule has 1 aromatic rings. The summed E-state index contributed by atoms with van der Waals surface area (Å²) in [6.45, 7) is 5.80. The smallest absolute Gasteiger partial charge is 0.0409 e. The van der Waals surface area contributed by atoms with Crippen LogP contribution >= 0.6 is 0 Å². The van der Waals surface area contributed by atoms with E-state index in [1.54, 1.807) is 0 Å². The summed E-state index contributed by atoms with van der Waals surface area (Å²) in [4.78, 5) is 4.95. The minimum Gasteiger partial charge on any atom is -0.321 e. The van der Waals surface area contributed by atoms with Crippen molar-refractivity contribution in [2.24, 2.45) is 5.73 Å². The van der Waals surface area contributed by atoms with Crippen molar-refractivity contribution in [3.8, 4) is 0 Å². The molecule has 3 heteroatoms. The molecule has 116 valence electrons. The Hall–Kier alpha value is -0.900. The van der Waals surface area contributed by atoms with Gasteiger partial charge in [0.2, 0.25) is 0 Å². The van der Waals surface area contributed by atoms with Gasteiger partial charge in [-0.1, -0.05) is 43.5 Å². The number of benzene rings is 1. The standard InChI is InChI=1S/C18H29N3/c1-20-11-13-21(14-12-20)15-16-5-7-17(8-6-16)18(19)9-3-2-4-10-18/h5-8H,2-4,9-15,19H2,1H3. The lowest BCUT2D eigenvalue weighted by molar-refractivity contribution is 0.148. The van der Waals surface area contributed by atoms with Crippen LogP contribution in [-0.2, 0) is 12.1 Å². The van der Waals surface area contributed by atoms with Crippen molar-refractivity contribution in [3.63, 3.8) is 0 Å². The van der Waals surface area contributed by atoms with E-state index in [1.807, 2.05) is 0 Å². The van der Waals surface area contributed by atoms with Gasteiger partial charge in [0.05, 0.1) is 0 Å². The Kier molecular flexibility index (Phi) is 4.63. The molecule has 0 amide bonds. The SMILES string of the molecule is CN1CCN(Cc2ccc(C3(N)CCCCC3)cc2)CC1. The predicted molar refractivity (Wildman–Crippen MR) is 88.2 cm³/mol. The summed E-state index contributed by atoms with van der Waals surface area (Å²) < 4.78 is 0. The van der Waals surface area contributed by atoms with Crippen molar-refractivity contribution in [3.05, 3.63) is 35.4 Å². The van der Waals surface area contributed by atoms with Crippen molar-refractivity contribution >= 4 is 0 Å². The van der Waals surface area contributed by atoms with Crippen LogP contribution in [0, 0.1) is 0 Å². The molecule has 1 heterocycles. The summed E-state index contributed by atoms with van der Waals surface area (Å²) in [5, 5.41) is 0. The van der Waals surface area contributed by atoms with Crippen LogP contribution in [0.2, 0.25) is 0 Å². The number of nitrogens with zero attached hydrogens (tertiary/aromatic N) is 2. The highest BCUT2D eigenvalue weighted by molar-refractivity contribution is 5.28. The summed E-state index contributed by atoms with van der Waals surface area (Å²) >= 11 is 0. The highest BCUT2D eigenvalue weighted by Crippen LogP contribution is 2.34. The van der Waals surface area contributed by atoms with Gasteiger partial charge in [-0.15, -0.1) is 0 Å². The lowest BCUT2D eigenvalue weighted by Gasteiger charge is -2.34. The molecule has 1 saturated carbocycles. The zero-order valence-corrected chi connectivity index (χ0v) is 13.4. The molecule has 2 fully saturated rings. The fourth-order valence-electron chi connectivity index (χ4n) is 3.68. The van der Waals surface area contributed by atoms with Crippen LogP contribution in [0.1, 0.15) is 43.2 Å². The maximum Gasteiger partial charge on any atom is 0.0409 e. The minimum absolute atomic E-state index is 0.0649. The summed E-state index contributed by atoms with van der Waals surface area (Å²) in [5.41, 5.74) is 9.31. The highest BCUT2D eigenvalue weighted by Gasteiger charge is 2.29. The molecule has 1 saturated heterocycles. The third kappa shape index (κ3) is 3.65. The number of hydrogen-bond acceptors (Lipinski definition) is 3. The number of nitrogens with two attached hydrogens (primary N) is 1. The summed E-state index contributed by atoms with van der Waals surface area (Å²) in [6, 6.07) is 9.13. The van der Waals surface area contributed by atoms with Crippen LogP contribution in [0.15, 0.2) is 24.3 Å². The molecule has 0 bridgehead atoms. The number of likely N-dealkylation sites (N-methyl/N-ethyl adjacent to an activating group) is 1. The molecule has 2 N–H and O–H groups in total. The molecule has 3 rings (SSSR count). The largest absolute Gasteiger partial charge is 0.321 e. The van der Waals surface area contributed by atoms with Crippen LogP contribution in [-0.4, -0.2) is 43.0 Å². The Morgan fingerprint density at radius 2 is 1.57 bits per heavy atom. The number of rotatable bonds is 3. The quantitative estimate of drug-likeness (QED) is 0.927. The Morgan fingerprint density at radius 1 is 0.952 bits per heavy atom. The fraction of sp³-hybridized carbons (Fsp3) is 0.667. The average molecular weight is 287 g/mol. The van der Waals surface area contributed by atoms with Gasteiger partial charge < -0.3 is 10.6 Å². The van der Waals surface area contributed by atoms with E-state index < -0.39 is 0 Å². The highest BCUT2D eigenvalue weighted by atomic mass is 15.2. The Labute approximate surface area is 129 Å². The van der Waals surface area contributed by atoms with E-state index in [9.17, 15) is 0 Å². The maximum atomic E-state index is 6.61. The molecule has 21 heavy (non-hydrogen) atoms. The Bertz CT molecular complexity index is 440. The number of hydrogen-bond donors (Lipinski definition) is 1. The summed E-state index contributed by atoms with van der Waals surface area (Å²) in [5.74, 6) is 0. The average Bonchev–Trinajstić information content (AvgIpc) is 2.51.